The Morgan fingerprint density at radius 1 is 1.10 bits per heavy atom. The first-order valence-electron chi connectivity index (χ1n) is 10.0. The molecule has 2 aliphatic heterocycles. The summed E-state index contributed by atoms with van der Waals surface area (Å²) in [5, 5.41) is 4.72. The van der Waals surface area contributed by atoms with Crippen molar-refractivity contribution in [3.63, 3.8) is 0 Å². The van der Waals surface area contributed by atoms with E-state index in [-0.39, 0.29) is 36.7 Å². The van der Waals surface area contributed by atoms with Crippen LogP contribution < -0.4 is 15.0 Å². The van der Waals surface area contributed by atoms with E-state index in [0.29, 0.717) is 5.92 Å². The minimum absolute atomic E-state index is 0. The molecule has 2 aromatic carbocycles. The lowest BCUT2D eigenvalue weighted by atomic mass is 9.97. The molecule has 30 heavy (non-hydrogen) atoms. The van der Waals surface area contributed by atoms with Gasteiger partial charge in [0.2, 0.25) is 0 Å². The van der Waals surface area contributed by atoms with E-state index in [0.717, 1.165) is 54.6 Å². The number of aromatic nitrogens is 1. The van der Waals surface area contributed by atoms with Crippen molar-refractivity contribution in [3.8, 4) is 5.75 Å². The fourth-order valence-corrected chi connectivity index (χ4v) is 5.19. The van der Waals surface area contributed by atoms with Gasteiger partial charge in [-0.1, -0.05) is 23.5 Å². The van der Waals surface area contributed by atoms with E-state index in [1.54, 1.807) is 23.5 Å². The van der Waals surface area contributed by atoms with E-state index in [1.807, 2.05) is 6.07 Å². The van der Waals surface area contributed by atoms with Crippen LogP contribution in [0.15, 0.2) is 42.5 Å². The number of thiazole rings is 1. The van der Waals surface area contributed by atoms with Gasteiger partial charge in [0.15, 0.2) is 5.13 Å². The highest BCUT2D eigenvalue weighted by molar-refractivity contribution is 7.22. The molecule has 3 aromatic rings. The number of benzene rings is 2. The number of para-hydroxylation sites is 1. The number of fused-ring (bicyclic) bond motifs is 2. The number of piperidine rings is 1. The SMILES string of the molecule is Cl.Cl.Fc1ccc2c(c1)CC(CNCC1CCN(c3nc4ccccc4s3)CC1)O2. The van der Waals surface area contributed by atoms with Crippen molar-refractivity contribution < 1.29 is 9.13 Å². The van der Waals surface area contributed by atoms with Crippen molar-refractivity contribution in [1.29, 1.82) is 0 Å². The Hall–Kier alpha value is -1.60. The number of nitrogens with one attached hydrogen (secondary N) is 1. The third-order valence-electron chi connectivity index (χ3n) is 5.74. The molecular weight excluding hydrogens is 444 g/mol. The van der Waals surface area contributed by atoms with Crippen molar-refractivity contribution in [3.05, 3.63) is 53.8 Å². The van der Waals surface area contributed by atoms with E-state index in [9.17, 15) is 4.39 Å². The van der Waals surface area contributed by atoms with Gasteiger partial charge in [0.05, 0.1) is 10.2 Å². The van der Waals surface area contributed by atoms with Crippen LogP contribution >= 0.6 is 36.2 Å². The van der Waals surface area contributed by atoms with Crippen molar-refractivity contribution in [2.24, 2.45) is 5.92 Å². The zero-order valence-corrected chi connectivity index (χ0v) is 19.0. The fraction of sp³-hybridized carbons (Fsp3) is 0.409. The second-order valence-corrected chi connectivity index (χ2v) is 8.76. The molecule has 1 unspecified atom stereocenters. The molecule has 4 nitrogen and oxygen atoms in total. The van der Waals surface area contributed by atoms with Crippen molar-refractivity contribution in [2.45, 2.75) is 25.4 Å². The lowest BCUT2D eigenvalue weighted by Crippen LogP contribution is -2.39. The van der Waals surface area contributed by atoms with Gasteiger partial charge in [0, 0.05) is 31.6 Å². The number of nitrogens with zero attached hydrogens (tertiary/aromatic N) is 2. The fourth-order valence-electron chi connectivity index (χ4n) is 4.17. The molecule has 2 aliphatic rings. The molecule has 0 saturated carbocycles. The lowest BCUT2D eigenvalue weighted by Gasteiger charge is -2.32. The number of ether oxygens (including phenoxy) is 1. The Morgan fingerprint density at radius 2 is 1.90 bits per heavy atom. The zero-order valence-electron chi connectivity index (χ0n) is 16.6. The summed E-state index contributed by atoms with van der Waals surface area (Å²) in [6.45, 7) is 3.96. The molecule has 8 heteroatoms. The summed E-state index contributed by atoms with van der Waals surface area (Å²) in [6.07, 6.45) is 3.26. The van der Waals surface area contributed by atoms with Crippen LogP contribution in [0.2, 0.25) is 0 Å². The molecule has 0 spiro atoms. The smallest absolute Gasteiger partial charge is 0.186 e. The first-order chi connectivity index (χ1) is 13.7. The van der Waals surface area contributed by atoms with Crippen LogP contribution in [0, 0.1) is 11.7 Å². The predicted molar refractivity (Wildman–Crippen MR) is 126 cm³/mol. The summed E-state index contributed by atoms with van der Waals surface area (Å²) in [5.74, 6) is 1.33. The summed E-state index contributed by atoms with van der Waals surface area (Å²) in [4.78, 5) is 7.21. The molecule has 3 heterocycles. The van der Waals surface area contributed by atoms with Crippen LogP contribution in [0.5, 0.6) is 5.75 Å². The molecule has 1 atom stereocenters. The maximum absolute atomic E-state index is 13.3. The average Bonchev–Trinajstić information content (AvgIpc) is 3.31. The minimum atomic E-state index is -0.184. The molecule has 1 aromatic heterocycles. The van der Waals surface area contributed by atoms with Gasteiger partial charge >= 0.3 is 0 Å². The minimum Gasteiger partial charge on any atom is -0.488 e. The standard InChI is InChI=1S/C22H24FN3OS.2ClH/c23-17-5-6-20-16(11-17)12-18(27-20)14-24-13-15-7-9-26(10-8-15)22-25-19-3-1-2-4-21(19)28-22;;/h1-6,11,15,18,24H,7-10,12-14H2;2*1H. The summed E-state index contributed by atoms with van der Waals surface area (Å²) < 4.78 is 20.5. The van der Waals surface area contributed by atoms with Gasteiger partial charge in [0.1, 0.15) is 17.7 Å². The highest BCUT2D eigenvalue weighted by Gasteiger charge is 2.25. The van der Waals surface area contributed by atoms with E-state index in [4.69, 9.17) is 9.72 Å². The van der Waals surface area contributed by atoms with Crippen LogP contribution in [0.1, 0.15) is 18.4 Å². The molecule has 5 rings (SSSR count). The molecule has 1 fully saturated rings. The average molecular weight is 470 g/mol. The molecular formula is C22H26Cl2FN3OS. The van der Waals surface area contributed by atoms with Gasteiger partial charge in [-0.2, -0.15) is 0 Å². The number of anilines is 1. The zero-order chi connectivity index (χ0) is 18.9. The van der Waals surface area contributed by atoms with Gasteiger partial charge in [0.25, 0.3) is 0 Å². The number of hydrogen-bond donors (Lipinski definition) is 1. The highest BCUT2D eigenvalue weighted by Crippen LogP contribution is 2.31. The Balaban J connectivity index is 0.00000128. The third kappa shape index (κ3) is 4.99. The van der Waals surface area contributed by atoms with Crippen molar-refractivity contribution in [2.75, 3.05) is 31.1 Å². The van der Waals surface area contributed by atoms with Crippen LogP contribution in [0.3, 0.4) is 0 Å². The quantitative estimate of drug-likeness (QED) is 0.564. The third-order valence-corrected chi connectivity index (χ3v) is 6.83. The highest BCUT2D eigenvalue weighted by atomic mass is 35.5. The van der Waals surface area contributed by atoms with Crippen LogP contribution in [-0.4, -0.2) is 37.3 Å². The summed E-state index contributed by atoms with van der Waals surface area (Å²) in [7, 11) is 0. The normalized spacial score (nSPS) is 18.4. The van der Waals surface area contributed by atoms with Gasteiger partial charge in [-0.15, -0.1) is 24.8 Å². The van der Waals surface area contributed by atoms with Gasteiger partial charge < -0.3 is 15.0 Å². The number of halogens is 3. The maximum atomic E-state index is 13.3. The summed E-state index contributed by atoms with van der Waals surface area (Å²) in [5.41, 5.74) is 2.08. The molecule has 0 amide bonds. The van der Waals surface area contributed by atoms with Gasteiger partial charge in [-0.05, 0) is 55.6 Å². The Morgan fingerprint density at radius 3 is 2.70 bits per heavy atom. The first kappa shape index (κ1) is 23.1. The lowest BCUT2D eigenvalue weighted by molar-refractivity contribution is 0.222. The molecule has 1 saturated heterocycles. The second-order valence-electron chi connectivity index (χ2n) is 7.75. The van der Waals surface area contributed by atoms with E-state index >= 15 is 0 Å². The number of rotatable bonds is 5. The topological polar surface area (TPSA) is 37.4 Å². The van der Waals surface area contributed by atoms with Crippen LogP contribution in [0.25, 0.3) is 10.2 Å². The Bertz CT molecular complexity index is 945. The van der Waals surface area contributed by atoms with E-state index in [1.165, 1.54) is 23.6 Å². The van der Waals surface area contributed by atoms with Crippen molar-refractivity contribution in [1.82, 2.24) is 10.3 Å². The van der Waals surface area contributed by atoms with Crippen LogP contribution in [-0.2, 0) is 6.42 Å². The Labute approximate surface area is 192 Å². The van der Waals surface area contributed by atoms with Crippen molar-refractivity contribution >= 4 is 51.5 Å². The largest absolute Gasteiger partial charge is 0.488 e. The van der Waals surface area contributed by atoms with Gasteiger partial charge in [-0.25, -0.2) is 9.37 Å². The van der Waals surface area contributed by atoms with E-state index in [2.05, 4.69) is 28.4 Å². The van der Waals surface area contributed by atoms with Crippen LogP contribution in [0.4, 0.5) is 9.52 Å². The van der Waals surface area contributed by atoms with E-state index < -0.39 is 0 Å². The maximum Gasteiger partial charge on any atom is 0.186 e. The first-order valence-corrected chi connectivity index (χ1v) is 10.8. The Kier molecular flexibility index (Phi) is 7.80. The molecule has 0 aliphatic carbocycles. The second kappa shape index (κ2) is 10.1. The monoisotopic (exact) mass is 469 g/mol. The summed E-state index contributed by atoms with van der Waals surface area (Å²) in [6, 6.07) is 13.1. The molecule has 0 radical (unpaired) electrons. The molecule has 0 bridgehead atoms. The summed E-state index contributed by atoms with van der Waals surface area (Å²) >= 11 is 1.79. The number of hydrogen-bond acceptors (Lipinski definition) is 5. The molecule has 162 valence electrons. The van der Waals surface area contributed by atoms with Gasteiger partial charge in [-0.3, -0.25) is 0 Å². The molecule has 1 N–H and O–H groups in total. The predicted octanol–water partition coefficient (Wildman–Crippen LogP) is 5.09.